The number of rotatable bonds is 8. The van der Waals surface area contributed by atoms with Crippen LogP contribution in [0.2, 0.25) is 0 Å². The van der Waals surface area contributed by atoms with Gasteiger partial charge in [0, 0.05) is 13.5 Å². The van der Waals surface area contributed by atoms with Crippen LogP contribution in [0.1, 0.15) is 27.7 Å². The molecule has 3 N–H and O–H groups in total. The molecule has 8 nitrogen and oxygen atoms in total. The Labute approximate surface area is 124 Å². The van der Waals surface area contributed by atoms with Gasteiger partial charge in [-0.25, -0.2) is 13.2 Å². The highest BCUT2D eigenvalue weighted by Gasteiger charge is 2.33. The quantitative estimate of drug-likeness (QED) is 0.534. The second kappa shape index (κ2) is 7.96. The smallest absolute Gasteiger partial charge is 0.327 e. The maximum absolute atomic E-state index is 12.0. The fourth-order valence-corrected chi connectivity index (χ4v) is 2.80. The molecule has 0 saturated heterocycles. The van der Waals surface area contributed by atoms with Crippen LogP contribution in [0.15, 0.2) is 0 Å². The van der Waals surface area contributed by atoms with E-state index < -0.39 is 44.7 Å². The third kappa shape index (κ3) is 7.07. The number of sulfone groups is 1. The number of aliphatic carboxylic acids is 1. The van der Waals surface area contributed by atoms with Crippen molar-refractivity contribution in [1.82, 2.24) is 10.6 Å². The average Bonchev–Trinajstić information content (AvgIpc) is 2.33. The lowest BCUT2D eigenvalue weighted by molar-refractivity contribution is -0.140. The topological polar surface area (TPSA) is 130 Å². The molecule has 0 saturated carbocycles. The Hall–Kier alpha value is -1.64. The molecule has 122 valence electrons. The van der Waals surface area contributed by atoms with E-state index in [0.29, 0.717) is 6.54 Å². The van der Waals surface area contributed by atoms with Crippen LogP contribution in [0, 0.1) is 5.92 Å². The van der Waals surface area contributed by atoms with Gasteiger partial charge in [-0.1, -0.05) is 13.8 Å². The highest BCUT2D eigenvalue weighted by Crippen LogP contribution is 2.06. The number of carbonyl (C=O) groups is 3. The summed E-state index contributed by atoms with van der Waals surface area (Å²) in [7, 11) is -4.00. The van der Waals surface area contributed by atoms with E-state index in [1.54, 1.807) is 0 Å². The van der Waals surface area contributed by atoms with Crippen LogP contribution < -0.4 is 10.6 Å². The summed E-state index contributed by atoms with van der Waals surface area (Å²) in [4.78, 5) is 33.6. The number of hydrogen-bond donors (Lipinski definition) is 3. The predicted octanol–water partition coefficient (Wildman–Crippen LogP) is -0.849. The molecule has 0 aromatic carbocycles. The van der Waals surface area contributed by atoms with Crippen LogP contribution in [0.4, 0.5) is 0 Å². The molecule has 0 rings (SSSR count). The van der Waals surface area contributed by atoms with Crippen LogP contribution in [0.5, 0.6) is 0 Å². The first-order valence-electron chi connectivity index (χ1n) is 6.46. The molecule has 0 aromatic heterocycles. The van der Waals surface area contributed by atoms with Gasteiger partial charge in [-0.05, 0) is 12.8 Å². The van der Waals surface area contributed by atoms with Crippen molar-refractivity contribution < 1.29 is 27.9 Å². The van der Waals surface area contributed by atoms with E-state index >= 15 is 0 Å². The minimum atomic E-state index is -4.00. The zero-order chi connectivity index (χ0) is 16.8. The van der Waals surface area contributed by atoms with Crippen molar-refractivity contribution in [1.29, 1.82) is 0 Å². The van der Waals surface area contributed by atoms with E-state index in [4.69, 9.17) is 5.11 Å². The van der Waals surface area contributed by atoms with Gasteiger partial charge in [0.15, 0.2) is 9.84 Å². The third-order valence-electron chi connectivity index (χ3n) is 2.67. The number of amides is 2. The van der Waals surface area contributed by atoms with Gasteiger partial charge >= 0.3 is 5.97 Å². The Bertz CT molecular complexity index is 500. The van der Waals surface area contributed by atoms with E-state index in [9.17, 15) is 22.8 Å². The fraction of sp³-hybridized carbons (Fsp3) is 0.750. The Morgan fingerprint density at radius 3 is 2.05 bits per heavy atom. The molecule has 0 heterocycles. The lowest BCUT2D eigenvalue weighted by Crippen LogP contribution is -2.48. The standard InChI is InChI=1S/C12H22N2O6S/c1-7(2)5-13-11(16)8(3)21(19,20)6-10(12(17)18)14-9(4)15/h7-8,10H,5-6H2,1-4H3,(H,13,16)(H,14,15)(H,17,18). The second-order valence-corrected chi connectivity index (χ2v) is 7.57. The molecule has 0 aromatic rings. The van der Waals surface area contributed by atoms with Gasteiger partial charge in [-0.15, -0.1) is 0 Å². The largest absolute Gasteiger partial charge is 0.480 e. The van der Waals surface area contributed by atoms with Gasteiger partial charge in [0.1, 0.15) is 11.3 Å². The molecule has 0 radical (unpaired) electrons. The Morgan fingerprint density at radius 2 is 1.67 bits per heavy atom. The van der Waals surface area contributed by atoms with E-state index in [1.807, 2.05) is 19.2 Å². The molecule has 0 spiro atoms. The summed E-state index contributed by atoms with van der Waals surface area (Å²) in [5.41, 5.74) is 0. The SMILES string of the molecule is CC(=O)NC(CS(=O)(=O)C(C)C(=O)NCC(C)C)C(=O)O. The highest BCUT2D eigenvalue weighted by atomic mass is 32.2. The lowest BCUT2D eigenvalue weighted by atomic mass is 10.2. The van der Waals surface area contributed by atoms with Gasteiger partial charge < -0.3 is 15.7 Å². The summed E-state index contributed by atoms with van der Waals surface area (Å²) in [5.74, 6) is -3.48. The molecule has 0 fully saturated rings. The van der Waals surface area contributed by atoms with Crippen molar-refractivity contribution >= 4 is 27.6 Å². The van der Waals surface area contributed by atoms with Crippen LogP contribution >= 0.6 is 0 Å². The Kier molecular flexibility index (Phi) is 7.34. The van der Waals surface area contributed by atoms with Crippen LogP contribution in [-0.4, -0.2) is 54.9 Å². The van der Waals surface area contributed by atoms with Crippen molar-refractivity contribution in [2.45, 2.75) is 39.0 Å². The summed E-state index contributed by atoms with van der Waals surface area (Å²) >= 11 is 0. The first-order valence-corrected chi connectivity index (χ1v) is 8.18. The van der Waals surface area contributed by atoms with Crippen molar-refractivity contribution in [3.63, 3.8) is 0 Å². The number of carboxylic acid groups (broad SMARTS) is 1. The molecular formula is C12H22N2O6S. The van der Waals surface area contributed by atoms with E-state index in [2.05, 4.69) is 5.32 Å². The van der Waals surface area contributed by atoms with Crippen molar-refractivity contribution in [2.75, 3.05) is 12.3 Å². The van der Waals surface area contributed by atoms with Crippen molar-refractivity contribution in [3.05, 3.63) is 0 Å². The molecule has 9 heteroatoms. The monoisotopic (exact) mass is 322 g/mol. The number of carboxylic acids is 1. The van der Waals surface area contributed by atoms with Gasteiger partial charge in [0.2, 0.25) is 11.8 Å². The molecule has 21 heavy (non-hydrogen) atoms. The Morgan fingerprint density at radius 1 is 1.14 bits per heavy atom. The highest BCUT2D eigenvalue weighted by molar-refractivity contribution is 7.92. The summed E-state index contributed by atoms with van der Waals surface area (Å²) in [6.07, 6.45) is 0. The first kappa shape index (κ1) is 19.4. The van der Waals surface area contributed by atoms with Gasteiger partial charge in [-0.3, -0.25) is 9.59 Å². The Balaban J connectivity index is 4.89. The molecule has 0 aliphatic heterocycles. The van der Waals surface area contributed by atoms with Crippen LogP contribution in [-0.2, 0) is 24.2 Å². The zero-order valence-corrected chi connectivity index (χ0v) is 13.4. The first-order chi connectivity index (χ1) is 9.47. The molecule has 0 aliphatic rings. The maximum Gasteiger partial charge on any atom is 0.327 e. The third-order valence-corrected chi connectivity index (χ3v) is 4.76. The minimum Gasteiger partial charge on any atom is -0.480 e. The summed E-state index contributed by atoms with van der Waals surface area (Å²) in [5, 5.41) is 12.0. The lowest BCUT2D eigenvalue weighted by Gasteiger charge is -2.18. The number of hydrogen-bond acceptors (Lipinski definition) is 5. The van der Waals surface area contributed by atoms with E-state index in [-0.39, 0.29) is 5.92 Å². The average molecular weight is 322 g/mol. The number of nitrogens with one attached hydrogen (secondary N) is 2. The van der Waals surface area contributed by atoms with Gasteiger partial charge in [0.25, 0.3) is 0 Å². The van der Waals surface area contributed by atoms with Gasteiger partial charge in [-0.2, -0.15) is 0 Å². The maximum atomic E-state index is 12.0. The van der Waals surface area contributed by atoms with Gasteiger partial charge in [0.05, 0.1) is 5.75 Å². The molecule has 0 bridgehead atoms. The number of carbonyl (C=O) groups excluding carboxylic acids is 2. The molecule has 2 unspecified atom stereocenters. The van der Waals surface area contributed by atoms with Crippen molar-refractivity contribution in [2.24, 2.45) is 5.92 Å². The summed E-state index contributed by atoms with van der Waals surface area (Å²) in [6.45, 7) is 6.32. The van der Waals surface area contributed by atoms with Crippen LogP contribution in [0.25, 0.3) is 0 Å². The fourth-order valence-electron chi connectivity index (χ4n) is 1.41. The normalized spacial score (nSPS) is 14.3. The van der Waals surface area contributed by atoms with E-state index in [1.165, 1.54) is 6.92 Å². The summed E-state index contributed by atoms with van der Waals surface area (Å²) < 4.78 is 24.1. The summed E-state index contributed by atoms with van der Waals surface area (Å²) in [6, 6.07) is -1.58. The molecule has 0 aliphatic carbocycles. The minimum absolute atomic E-state index is 0.162. The van der Waals surface area contributed by atoms with Crippen LogP contribution in [0.3, 0.4) is 0 Å². The molecule has 2 amide bonds. The zero-order valence-electron chi connectivity index (χ0n) is 12.5. The molecule has 2 atom stereocenters. The van der Waals surface area contributed by atoms with E-state index in [0.717, 1.165) is 6.92 Å². The predicted molar refractivity (Wildman–Crippen MR) is 76.3 cm³/mol. The molecular weight excluding hydrogens is 300 g/mol. The second-order valence-electron chi connectivity index (χ2n) is 5.20. The van der Waals surface area contributed by atoms with Crippen molar-refractivity contribution in [3.8, 4) is 0 Å².